The lowest BCUT2D eigenvalue weighted by molar-refractivity contribution is 0.942. The molecule has 5 nitrogen and oxygen atoms in total. The zero-order valence-corrected chi connectivity index (χ0v) is 11.7. The molecule has 0 fully saturated rings. The minimum Gasteiger partial charge on any atom is -0.399 e. The Morgan fingerprint density at radius 1 is 0.727 bits per heavy atom. The molecule has 2 heterocycles. The molecule has 0 aliphatic heterocycles. The summed E-state index contributed by atoms with van der Waals surface area (Å²) in [5.74, 6) is 0.702. The van der Waals surface area contributed by atoms with Crippen molar-refractivity contribution < 1.29 is 0 Å². The molecule has 106 valence electrons. The predicted molar refractivity (Wildman–Crippen MR) is 86.1 cm³/mol. The molecule has 4 aromatic rings. The SMILES string of the molecule is Nc1ccc(-c2nnc3ccc(-c4ccccc4)nn23)cc1. The quantitative estimate of drug-likeness (QED) is 0.575. The van der Waals surface area contributed by atoms with Gasteiger partial charge in [-0.3, -0.25) is 0 Å². The largest absolute Gasteiger partial charge is 0.399 e. The maximum Gasteiger partial charge on any atom is 0.185 e. The van der Waals surface area contributed by atoms with Crippen molar-refractivity contribution in [3.8, 4) is 22.6 Å². The van der Waals surface area contributed by atoms with E-state index < -0.39 is 0 Å². The normalized spacial score (nSPS) is 10.9. The van der Waals surface area contributed by atoms with Crippen LogP contribution in [-0.2, 0) is 0 Å². The molecular weight excluding hydrogens is 274 g/mol. The molecular formula is C17H13N5. The fourth-order valence-corrected chi connectivity index (χ4v) is 2.36. The monoisotopic (exact) mass is 287 g/mol. The lowest BCUT2D eigenvalue weighted by Crippen LogP contribution is -1.97. The van der Waals surface area contributed by atoms with Gasteiger partial charge in [-0.25, -0.2) is 0 Å². The molecule has 0 aliphatic carbocycles. The predicted octanol–water partition coefficient (Wildman–Crippen LogP) is 3.04. The Balaban J connectivity index is 1.88. The zero-order valence-electron chi connectivity index (χ0n) is 11.7. The second-order valence-electron chi connectivity index (χ2n) is 5.00. The highest BCUT2D eigenvalue weighted by Gasteiger charge is 2.10. The molecule has 0 spiro atoms. The smallest absolute Gasteiger partial charge is 0.185 e. The van der Waals surface area contributed by atoms with Crippen molar-refractivity contribution in [3.05, 3.63) is 66.7 Å². The maximum atomic E-state index is 5.73. The molecule has 0 amide bonds. The van der Waals surface area contributed by atoms with Gasteiger partial charge in [-0.2, -0.15) is 9.61 Å². The van der Waals surface area contributed by atoms with Gasteiger partial charge in [-0.1, -0.05) is 30.3 Å². The second kappa shape index (κ2) is 4.96. The molecule has 0 atom stereocenters. The summed E-state index contributed by atoms with van der Waals surface area (Å²) in [5, 5.41) is 13.1. The summed E-state index contributed by atoms with van der Waals surface area (Å²) in [6, 6.07) is 21.4. The Hall–Kier alpha value is -3.21. The highest BCUT2D eigenvalue weighted by molar-refractivity contribution is 5.64. The molecule has 2 N–H and O–H groups in total. The van der Waals surface area contributed by atoms with Gasteiger partial charge in [0.1, 0.15) is 0 Å². The molecule has 0 saturated heterocycles. The topological polar surface area (TPSA) is 69.1 Å². The van der Waals surface area contributed by atoms with Crippen LogP contribution in [0.4, 0.5) is 5.69 Å². The fraction of sp³-hybridized carbons (Fsp3) is 0. The number of nitrogens with zero attached hydrogens (tertiary/aromatic N) is 4. The Morgan fingerprint density at radius 3 is 2.27 bits per heavy atom. The number of nitrogens with two attached hydrogens (primary N) is 1. The average Bonchev–Trinajstić information content (AvgIpc) is 2.99. The van der Waals surface area contributed by atoms with Gasteiger partial charge < -0.3 is 5.73 Å². The average molecular weight is 287 g/mol. The summed E-state index contributed by atoms with van der Waals surface area (Å²) < 4.78 is 1.76. The molecule has 2 aromatic carbocycles. The van der Waals surface area contributed by atoms with Gasteiger partial charge >= 0.3 is 0 Å². The van der Waals surface area contributed by atoms with E-state index in [4.69, 9.17) is 5.73 Å². The Bertz CT molecular complexity index is 926. The summed E-state index contributed by atoms with van der Waals surface area (Å²) in [6.07, 6.45) is 0. The number of aromatic nitrogens is 4. The van der Waals surface area contributed by atoms with Gasteiger partial charge in [0.25, 0.3) is 0 Å². The fourth-order valence-electron chi connectivity index (χ4n) is 2.36. The van der Waals surface area contributed by atoms with E-state index in [1.165, 1.54) is 0 Å². The zero-order chi connectivity index (χ0) is 14.9. The first-order chi connectivity index (χ1) is 10.8. The van der Waals surface area contributed by atoms with Crippen LogP contribution in [0.5, 0.6) is 0 Å². The van der Waals surface area contributed by atoms with Crippen LogP contribution in [0.15, 0.2) is 66.7 Å². The van der Waals surface area contributed by atoms with E-state index in [0.717, 1.165) is 22.5 Å². The van der Waals surface area contributed by atoms with Crippen molar-refractivity contribution in [2.24, 2.45) is 0 Å². The lowest BCUT2D eigenvalue weighted by Gasteiger charge is -2.03. The summed E-state index contributed by atoms with van der Waals surface area (Å²) >= 11 is 0. The van der Waals surface area contributed by atoms with Crippen molar-refractivity contribution in [3.63, 3.8) is 0 Å². The van der Waals surface area contributed by atoms with Gasteiger partial charge in [0.05, 0.1) is 5.69 Å². The van der Waals surface area contributed by atoms with E-state index in [-0.39, 0.29) is 0 Å². The second-order valence-corrected chi connectivity index (χ2v) is 5.00. The molecule has 0 bridgehead atoms. The third-order valence-electron chi connectivity index (χ3n) is 3.50. The first kappa shape index (κ1) is 12.5. The van der Waals surface area contributed by atoms with Gasteiger partial charge in [0, 0.05) is 16.8 Å². The number of rotatable bonds is 2. The summed E-state index contributed by atoms with van der Waals surface area (Å²) in [7, 11) is 0. The third-order valence-corrected chi connectivity index (χ3v) is 3.50. The lowest BCUT2D eigenvalue weighted by atomic mass is 10.1. The van der Waals surface area contributed by atoms with Crippen LogP contribution in [0.3, 0.4) is 0 Å². The molecule has 0 radical (unpaired) electrons. The van der Waals surface area contributed by atoms with E-state index in [9.17, 15) is 0 Å². The first-order valence-corrected chi connectivity index (χ1v) is 6.95. The van der Waals surface area contributed by atoms with Crippen LogP contribution >= 0.6 is 0 Å². The Kier molecular flexibility index (Phi) is 2.83. The van der Waals surface area contributed by atoms with Gasteiger partial charge in [0.2, 0.25) is 0 Å². The molecule has 2 aromatic heterocycles. The van der Waals surface area contributed by atoms with Crippen molar-refractivity contribution >= 4 is 11.3 Å². The van der Waals surface area contributed by atoms with Crippen LogP contribution in [0.2, 0.25) is 0 Å². The number of hydrogen-bond acceptors (Lipinski definition) is 4. The van der Waals surface area contributed by atoms with Gasteiger partial charge in [0.15, 0.2) is 11.5 Å². The molecule has 0 aliphatic rings. The van der Waals surface area contributed by atoms with Gasteiger partial charge in [-0.05, 0) is 36.4 Å². The van der Waals surface area contributed by atoms with Crippen LogP contribution in [-0.4, -0.2) is 19.8 Å². The third kappa shape index (κ3) is 2.09. The molecule has 5 heteroatoms. The van der Waals surface area contributed by atoms with Crippen LogP contribution < -0.4 is 5.73 Å². The number of hydrogen-bond donors (Lipinski definition) is 1. The maximum absolute atomic E-state index is 5.73. The Labute approximate surface area is 127 Å². The summed E-state index contributed by atoms with van der Waals surface area (Å²) in [6.45, 7) is 0. The van der Waals surface area contributed by atoms with E-state index in [0.29, 0.717) is 11.5 Å². The summed E-state index contributed by atoms with van der Waals surface area (Å²) in [5.41, 5.74) is 10.0. The number of benzene rings is 2. The van der Waals surface area contributed by atoms with Crippen LogP contribution in [0.1, 0.15) is 0 Å². The highest BCUT2D eigenvalue weighted by atomic mass is 15.4. The van der Waals surface area contributed by atoms with Crippen molar-refractivity contribution in [1.29, 1.82) is 0 Å². The molecule has 22 heavy (non-hydrogen) atoms. The van der Waals surface area contributed by atoms with E-state index in [1.54, 1.807) is 4.52 Å². The van der Waals surface area contributed by atoms with Crippen molar-refractivity contribution in [2.75, 3.05) is 5.73 Å². The Morgan fingerprint density at radius 2 is 1.50 bits per heavy atom. The van der Waals surface area contributed by atoms with Crippen molar-refractivity contribution in [2.45, 2.75) is 0 Å². The van der Waals surface area contributed by atoms with Crippen LogP contribution in [0.25, 0.3) is 28.3 Å². The highest BCUT2D eigenvalue weighted by Crippen LogP contribution is 2.21. The standard InChI is InChI=1S/C17H13N5/c18-14-8-6-13(7-9-14)17-20-19-16-11-10-15(21-22(16)17)12-4-2-1-3-5-12/h1-11H,18H2. The van der Waals surface area contributed by atoms with Crippen molar-refractivity contribution in [1.82, 2.24) is 19.8 Å². The number of fused-ring (bicyclic) bond motifs is 1. The van der Waals surface area contributed by atoms with Crippen LogP contribution in [0, 0.1) is 0 Å². The minimum atomic E-state index is 0.702. The number of anilines is 1. The molecule has 4 rings (SSSR count). The summed E-state index contributed by atoms with van der Waals surface area (Å²) in [4.78, 5) is 0. The molecule has 0 unspecified atom stereocenters. The first-order valence-electron chi connectivity index (χ1n) is 6.95. The van der Waals surface area contributed by atoms with E-state index >= 15 is 0 Å². The van der Waals surface area contributed by atoms with E-state index in [1.807, 2.05) is 66.7 Å². The minimum absolute atomic E-state index is 0.702. The number of nitrogen functional groups attached to an aromatic ring is 1. The van der Waals surface area contributed by atoms with Gasteiger partial charge in [-0.15, -0.1) is 10.2 Å². The van der Waals surface area contributed by atoms with E-state index in [2.05, 4.69) is 15.3 Å². The molecule has 0 saturated carbocycles.